The van der Waals surface area contributed by atoms with Crippen molar-refractivity contribution >= 4 is 11.6 Å². The molecule has 0 spiro atoms. The van der Waals surface area contributed by atoms with Crippen molar-refractivity contribution in [1.82, 2.24) is 9.88 Å². The van der Waals surface area contributed by atoms with Gasteiger partial charge in [-0.05, 0) is 6.42 Å². The van der Waals surface area contributed by atoms with Crippen LogP contribution in [0.3, 0.4) is 0 Å². The van der Waals surface area contributed by atoms with E-state index in [-0.39, 0.29) is 42.2 Å². The van der Waals surface area contributed by atoms with Gasteiger partial charge >= 0.3 is 0 Å². The van der Waals surface area contributed by atoms with E-state index in [1.807, 2.05) is 0 Å². The van der Waals surface area contributed by atoms with Gasteiger partial charge < -0.3 is 14.7 Å². The Labute approximate surface area is 107 Å². The highest BCUT2D eigenvalue weighted by Gasteiger charge is 2.39. The van der Waals surface area contributed by atoms with Crippen molar-refractivity contribution in [1.29, 1.82) is 0 Å². The molecule has 2 aliphatic heterocycles. The lowest BCUT2D eigenvalue weighted by Crippen LogP contribution is -2.36. The molecule has 100 valence electrons. The van der Waals surface area contributed by atoms with E-state index in [4.69, 9.17) is 4.74 Å². The number of hydrogen-bond donors (Lipinski definition) is 1. The number of aliphatic hydroxyl groups excluding tert-OH is 1. The lowest BCUT2D eigenvalue weighted by Gasteiger charge is -2.19. The number of aromatic nitrogens is 1. The normalized spacial score (nSPS) is 25.3. The van der Waals surface area contributed by atoms with E-state index in [0.717, 1.165) is 12.3 Å². The van der Waals surface area contributed by atoms with Crippen LogP contribution in [0.4, 0.5) is 5.69 Å². The second-order valence-electron chi connectivity index (χ2n) is 4.62. The van der Waals surface area contributed by atoms with Gasteiger partial charge in [0.05, 0.1) is 17.1 Å². The first-order valence-corrected chi connectivity index (χ1v) is 5.82. The largest absolute Gasteiger partial charge is 0.475 e. The van der Waals surface area contributed by atoms with E-state index in [2.05, 4.69) is 4.98 Å². The molecule has 1 aromatic rings. The van der Waals surface area contributed by atoms with Gasteiger partial charge in [-0.15, -0.1) is 0 Å². The third kappa shape index (κ3) is 1.89. The lowest BCUT2D eigenvalue weighted by atomic mass is 10.2. The standard InChI is InChI=1S/C11H11N3O5/c15-8-1-7-5-19-10-9(11(16)13(7)4-8)2-6(3-12-10)14(17)18/h2-3,7-8,15H,1,4-5H2/t7-,8+/m1/s1. The monoisotopic (exact) mass is 265 g/mol. The number of aliphatic hydroxyl groups is 1. The van der Waals surface area contributed by atoms with Crippen LogP contribution in [0.15, 0.2) is 12.3 Å². The minimum Gasteiger partial charge on any atom is -0.475 e. The molecule has 1 saturated heterocycles. The molecule has 0 radical (unpaired) electrons. The summed E-state index contributed by atoms with van der Waals surface area (Å²) in [6, 6.07) is 0.952. The maximum atomic E-state index is 12.3. The average molecular weight is 265 g/mol. The molecule has 3 heterocycles. The number of amides is 1. The average Bonchev–Trinajstić information content (AvgIpc) is 2.71. The second-order valence-corrected chi connectivity index (χ2v) is 4.62. The van der Waals surface area contributed by atoms with Crippen molar-refractivity contribution < 1.29 is 19.6 Å². The van der Waals surface area contributed by atoms with Gasteiger partial charge in [0, 0.05) is 12.6 Å². The van der Waals surface area contributed by atoms with Gasteiger partial charge in [-0.25, -0.2) is 4.98 Å². The Kier molecular flexibility index (Phi) is 2.59. The molecule has 0 bridgehead atoms. The summed E-state index contributed by atoms with van der Waals surface area (Å²) in [6.45, 7) is 0.454. The van der Waals surface area contributed by atoms with Crippen molar-refractivity contribution in [2.24, 2.45) is 0 Å². The Morgan fingerprint density at radius 3 is 3.11 bits per heavy atom. The van der Waals surface area contributed by atoms with Crippen molar-refractivity contribution in [2.45, 2.75) is 18.6 Å². The molecule has 0 unspecified atom stereocenters. The number of ether oxygens (including phenoxy) is 1. The van der Waals surface area contributed by atoms with Crippen LogP contribution in [-0.4, -0.2) is 51.1 Å². The number of carbonyl (C=O) groups is 1. The summed E-state index contributed by atoms with van der Waals surface area (Å²) in [5.41, 5.74) is -0.181. The Bertz CT molecular complexity index is 561. The lowest BCUT2D eigenvalue weighted by molar-refractivity contribution is -0.385. The number of nitro groups is 1. The highest BCUT2D eigenvalue weighted by Crippen LogP contribution is 2.30. The van der Waals surface area contributed by atoms with Crippen molar-refractivity contribution in [2.75, 3.05) is 13.2 Å². The van der Waals surface area contributed by atoms with Gasteiger partial charge in [0.2, 0.25) is 5.88 Å². The predicted octanol–water partition coefficient (Wildman–Crippen LogP) is -0.0424. The molecule has 3 rings (SSSR count). The molecule has 8 nitrogen and oxygen atoms in total. The van der Waals surface area contributed by atoms with Gasteiger partial charge in [-0.3, -0.25) is 14.9 Å². The fourth-order valence-electron chi connectivity index (χ4n) is 2.44. The smallest absolute Gasteiger partial charge is 0.288 e. The maximum absolute atomic E-state index is 12.3. The molecule has 2 atom stereocenters. The maximum Gasteiger partial charge on any atom is 0.288 e. The topological polar surface area (TPSA) is 106 Å². The molecule has 1 fully saturated rings. The van der Waals surface area contributed by atoms with Crippen LogP contribution in [0.1, 0.15) is 16.8 Å². The van der Waals surface area contributed by atoms with E-state index in [1.165, 1.54) is 4.90 Å². The SMILES string of the molecule is O=C1c2cc([N+](=O)[O-])cnc2OC[C@H]2C[C@H](O)CN12. The minimum atomic E-state index is -0.609. The van der Waals surface area contributed by atoms with Gasteiger partial charge in [0.15, 0.2) is 0 Å². The summed E-state index contributed by atoms with van der Waals surface area (Å²) >= 11 is 0. The molecule has 1 aromatic heterocycles. The molecule has 2 aliphatic rings. The van der Waals surface area contributed by atoms with Gasteiger partial charge in [0.1, 0.15) is 18.4 Å². The van der Waals surface area contributed by atoms with E-state index < -0.39 is 11.0 Å². The zero-order chi connectivity index (χ0) is 13.6. The van der Waals surface area contributed by atoms with Gasteiger partial charge in [-0.1, -0.05) is 0 Å². The van der Waals surface area contributed by atoms with Crippen LogP contribution in [0.5, 0.6) is 5.88 Å². The summed E-state index contributed by atoms with van der Waals surface area (Å²) in [7, 11) is 0. The minimum absolute atomic E-state index is 0.0748. The van der Waals surface area contributed by atoms with E-state index in [9.17, 15) is 20.0 Å². The Morgan fingerprint density at radius 2 is 2.37 bits per heavy atom. The van der Waals surface area contributed by atoms with Crippen molar-refractivity contribution in [3.63, 3.8) is 0 Å². The van der Waals surface area contributed by atoms with E-state index in [1.54, 1.807) is 0 Å². The van der Waals surface area contributed by atoms with Crippen molar-refractivity contribution in [3.8, 4) is 5.88 Å². The van der Waals surface area contributed by atoms with Crippen LogP contribution in [-0.2, 0) is 0 Å². The summed E-state index contributed by atoms with van der Waals surface area (Å²) in [6.07, 6.45) is 0.935. The van der Waals surface area contributed by atoms with E-state index >= 15 is 0 Å². The van der Waals surface area contributed by atoms with Gasteiger partial charge in [0.25, 0.3) is 11.6 Å². The summed E-state index contributed by atoms with van der Waals surface area (Å²) in [5, 5.41) is 20.3. The van der Waals surface area contributed by atoms with Crippen LogP contribution in [0, 0.1) is 10.1 Å². The van der Waals surface area contributed by atoms with Crippen LogP contribution >= 0.6 is 0 Å². The quantitative estimate of drug-likeness (QED) is 0.564. The molecular formula is C11H11N3O5. The van der Waals surface area contributed by atoms with Crippen LogP contribution in [0.25, 0.3) is 0 Å². The highest BCUT2D eigenvalue weighted by atomic mass is 16.6. The van der Waals surface area contributed by atoms with Crippen LogP contribution < -0.4 is 4.74 Å². The third-order valence-corrected chi connectivity index (χ3v) is 3.34. The number of carbonyl (C=O) groups excluding carboxylic acids is 1. The summed E-state index contributed by atoms with van der Waals surface area (Å²) in [4.78, 5) is 27.7. The van der Waals surface area contributed by atoms with Crippen molar-refractivity contribution in [3.05, 3.63) is 27.9 Å². The first kappa shape index (κ1) is 11.8. The molecule has 19 heavy (non-hydrogen) atoms. The number of hydrogen-bond acceptors (Lipinski definition) is 6. The Morgan fingerprint density at radius 1 is 1.58 bits per heavy atom. The zero-order valence-electron chi connectivity index (χ0n) is 9.85. The molecule has 0 aliphatic carbocycles. The van der Waals surface area contributed by atoms with Gasteiger partial charge in [-0.2, -0.15) is 0 Å². The Balaban J connectivity index is 2.02. The first-order valence-electron chi connectivity index (χ1n) is 5.82. The second kappa shape index (κ2) is 4.16. The summed E-state index contributed by atoms with van der Waals surface area (Å²) in [5.74, 6) is -0.273. The molecule has 1 amide bonds. The first-order chi connectivity index (χ1) is 9.06. The summed E-state index contributed by atoms with van der Waals surface area (Å²) < 4.78 is 5.41. The highest BCUT2D eigenvalue weighted by molar-refractivity contribution is 5.97. The molecule has 0 saturated carbocycles. The molecule has 1 N–H and O–H groups in total. The number of pyridine rings is 1. The van der Waals surface area contributed by atoms with Crippen LogP contribution in [0.2, 0.25) is 0 Å². The third-order valence-electron chi connectivity index (χ3n) is 3.34. The Hall–Kier alpha value is -2.22. The molecule has 8 heteroatoms. The number of nitrogens with zero attached hydrogens (tertiary/aromatic N) is 3. The zero-order valence-corrected chi connectivity index (χ0v) is 9.85. The molecular weight excluding hydrogens is 254 g/mol. The fourth-order valence-corrected chi connectivity index (χ4v) is 2.44. The van der Waals surface area contributed by atoms with E-state index in [0.29, 0.717) is 6.42 Å². The molecule has 0 aromatic carbocycles. The number of fused-ring (bicyclic) bond motifs is 2. The predicted molar refractivity (Wildman–Crippen MR) is 61.8 cm³/mol. The fraction of sp³-hybridized carbons (Fsp3) is 0.455. The number of rotatable bonds is 1.